The number of nitrogens with one attached hydrogen (secondary N) is 2. The molecule has 2 aromatic heterocycles. The SMILES string of the molecule is Cc1nn(C)c(C)c1NC(=O)[C@H](C)Sc1n[nH]c(=O)n1C[C@H]1CCCO1. The highest BCUT2D eigenvalue weighted by Crippen LogP contribution is 2.24. The molecule has 1 aliphatic heterocycles. The van der Waals surface area contributed by atoms with Gasteiger partial charge >= 0.3 is 5.69 Å². The van der Waals surface area contributed by atoms with E-state index in [0.29, 0.717) is 11.7 Å². The van der Waals surface area contributed by atoms with E-state index in [-0.39, 0.29) is 17.7 Å². The molecule has 0 unspecified atom stereocenters. The van der Waals surface area contributed by atoms with Crippen molar-refractivity contribution in [2.75, 3.05) is 11.9 Å². The second-order valence-electron chi connectivity index (χ2n) is 6.48. The van der Waals surface area contributed by atoms with Crippen LogP contribution in [-0.4, -0.2) is 48.4 Å². The number of hydrogen-bond donors (Lipinski definition) is 2. The van der Waals surface area contributed by atoms with Crippen molar-refractivity contribution in [1.29, 1.82) is 0 Å². The molecule has 10 heteroatoms. The van der Waals surface area contributed by atoms with Gasteiger partial charge < -0.3 is 10.1 Å². The van der Waals surface area contributed by atoms with Gasteiger partial charge in [0.05, 0.1) is 35.0 Å². The summed E-state index contributed by atoms with van der Waals surface area (Å²) in [5.41, 5.74) is 2.10. The maximum Gasteiger partial charge on any atom is 0.344 e. The number of thioether (sulfide) groups is 1. The molecule has 1 aliphatic rings. The van der Waals surface area contributed by atoms with E-state index >= 15 is 0 Å². The van der Waals surface area contributed by atoms with Crippen LogP contribution < -0.4 is 11.0 Å². The summed E-state index contributed by atoms with van der Waals surface area (Å²) in [6, 6.07) is 0. The number of nitrogens with zero attached hydrogens (tertiary/aromatic N) is 4. The minimum atomic E-state index is -0.424. The molecule has 0 radical (unpaired) electrons. The maximum absolute atomic E-state index is 12.6. The lowest BCUT2D eigenvalue weighted by Gasteiger charge is -2.14. The second-order valence-corrected chi connectivity index (χ2v) is 7.78. The van der Waals surface area contributed by atoms with Gasteiger partial charge in [-0.2, -0.15) is 5.10 Å². The number of amides is 1. The van der Waals surface area contributed by atoms with E-state index in [0.717, 1.165) is 36.5 Å². The number of carbonyl (C=O) groups excluding carboxylic acids is 1. The van der Waals surface area contributed by atoms with Crippen molar-refractivity contribution < 1.29 is 9.53 Å². The number of hydrogen-bond acceptors (Lipinski definition) is 6. The Morgan fingerprint density at radius 3 is 2.88 bits per heavy atom. The molecule has 0 aromatic carbocycles. The molecular weight excluding hydrogens is 356 g/mol. The van der Waals surface area contributed by atoms with Crippen molar-refractivity contribution in [3.63, 3.8) is 0 Å². The Morgan fingerprint density at radius 1 is 1.50 bits per heavy atom. The smallest absolute Gasteiger partial charge is 0.344 e. The average Bonchev–Trinajstić information content (AvgIpc) is 3.28. The molecule has 0 bridgehead atoms. The zero-order valence-corrected chi connectivity index (χ0v) is 16.2. The fraction of sp³-hybridized carbons (Fsp3) is 0.625. The van der Waals surface area contributed by atoms with Crippen LogP contribution in [0.2, 0.25) is 0 Å². The lowest BCUT2D eigenvalue weighted by molar-refractivity contribution is -0.115. The first-order valence-corrected chi connectivity index (χ1v) is 9.49. The third-order valence-electron chi connectivity index (χ3n) is 4.54. The van der Waals surface area contributed by atoms with Crippen molar-refractivity contribution in [3.8, 4) is 0 Å². The van der Waals surface area contributed by atoms with Crippen LogP contribution in [0.5, 0.6) is 0 Å². The summed E-state index contributed by atoms with van der Waals surface area (Å²) in [6.45, 7) is 6.72. The van der Waals surface area contributed by atoms with Gasteiger partial charge in [0.25, 0.3) is 0 Å². The lowest BCUT2D eigenvalue weighted by Crippen LogP contribution is -2.27. The van der Waals surface area contributed by atoms with Crippen molar-refractivity contribution >= 4 is 23.4 Å². The predicted octanol–water partition coefficient (Wildman–Crippen LogP) is 1.22. The third-order valence-corrected chi connectivity index (χ3v) is 5.63. The first-order valence-electron chi connectivity index (χ1n) is 8.61. The molecule has 1 amide bonds. The minimum absolute atomic E-state index is 0.0227. The van der Waals surface area contributed by atoms with Gasteiger partial charge in [0.1, 0.15) is 0 Å². The highest BCUT2D eigenvalue weighted by Gasteiger charge is 2.24. The number of rotatable bonds is 6. The average molecular weight is 380 g/mol. The summed E-state index contributed by atoms with van der Waals surface area (Å²) in [5.74, 6) is -0.159. The Bertz CT molecular complexity index is 849. The molecule has 0 spiro atoms. The van der Waals surface area contributed by atoms with Crippen molar-refractivity contribution in [2.45, 2.75) is 56.7 Å². The number of aromatic nitrogens is 5. The highest BCUT2D eigenvalue weighted by atomic mass is 32.2. The maximum atomic E-state index is 12.6. The van der Waals surface area contributed by atoms with Gasteiger partial charge in [-0.15, -0.1) is 5.10 Å². The minimum Gasteiger partial charge on any atom is -0.376 e. The standard InChI is InChI=1S/C16H24N6O3S/c1-9-13(10(2)21(4)20-9)17-14(23)11(3)26-16-19-18-15(24)22(16)8-12-6-5-7-25-12/h11-12H,5-8H2,1-4H3,(H,17,23)(H,18,24)/t11-,12+/m0/s1. The van der Waals surface area contributed by atoms with E-state index in [1.165, 1.54) is 11.8 Å². The van der Waals surface area contributed by atoms with Crippen LogP contribution in [0, 0.1) is 13.8 Å². The van der Waals surface area contributed by atoms with Gasteiger partial charge in [0, 0.05) is 13.7 Å². The summed E-state index contributed by atoms with van der Waals surface area (Å²) in [5, 5.41) is 13.8. The van der Waals surface area contributed by atoms with E-state index in [4.69, 9.17) is 4.74 Å². The fourth-order valence-electron chi connectivity index (χ4n) is 2.94. The largest absolute Gasteiger partial charge is 0.376 e. The molecule has 2 atom stereocenters. The molecule has 1 fully saturated rings. The zero-order valence-electron chi connectivity index (χ0n) is 15.4. The molecule has 142 valence electrons. The van der Waals surface area contributed by atoms with Gasteiger partial charge in [-0.1, -0.05) is 11.8 Å². The van der Waals surface area contributed by atoms with Crippen molar-refractivity contribution in [3.05, 3.63) is 21.9 Å². The molecular formula is C16H24N6O3S. The monoisotopic (exact) mass is 380 g/mol. The molecule has 0 saturated carbocycles. The molecule has 1 saturated heterocycles. The lowest BCUT2D eigenvalue weighted by atomic mass is 10.2. The van der Waals surface area contributed by atoms with Crippen LogP contribution in [-0.2, 0) is 23.1 Å². The number of anilines is 1. The van der Waals surface area contributed by atoms with Gasteiger partial charge in [0.15, 0.2) is 5.16 Å². The van der Waals surface area contributed by atoms with E-state index in [1.54, 1.807) is 16.2 Å². The normalized spacial score (nSPS) is 18.2. The van der Waals surface area contributed by atoms with E-state index in [2.05, 4.69) is 20.6 Å². The van der Waals surface area contributed by atoms with E-state index in [9.17, 15) is 9.59 Å². The zero-order chi connectivity index (χ0) is 18.8. The fourth-order valence-corrected chi connectivity index (χ4v) is 3.80. The molecule has 9 nitrogen and oxygen atoms in total. The van der Waals surface area contributed by atoms with Gasteiger partial charge in [-0.25, -0.2) is 9.89 Å². The molecule has 26 heavy (non-hydrogen) atoms. The third kappa shape index (κ3) is 3.85. The molecule has 3 rings (SSSR count). The van der Waals surface area contributed by atoms with Crippen LogP contribution in [0.1, 0.15) is 31.2 Å². The Balaban J connectivity index is 1.68. The highest BCUT2D eigenvalue weighted by molar-refractivity contribution is 8.00. The van der Waals surface area contributed by atoms with Gasteiger partial charge in [-0.05, 0) is 33.6 Å². The molecule has 3 heterocycles. The first-order chi connectivity index (χ1) is 12.4. The van der Waals surface area contributed by atoms with E-state index in [1.807, 2.05) is 20.9 Å². The number of aromatic amines is 1. The number of H-pyrrole nitrogens is 1. The number of aryl methyl sites for hydroxylation is 2. The Labute approximate surface area is 155 Å². The van der Waals surface area contributed by atoms with Crippen molar-refractivity contribution in [2.24, 2.45) is 7.05 Å². The molecule has 2 N–H and O–H groups in total. The molecule has 2 aromatic rings. The second kappa shape index (κ2) is 7.67. The Kier molecular flexibility index (Phi) is 5.52. The van der Waals surface area contributed by atoms with Crippen LogP contribution in [0.3, 0.4) is 0 Å². The van der Waals surface area contributed by atoms with Crippen LogP contribution in [0.4, 0.5) is 5.69 Å². The van der Waals surface area contributed by atoms with E-state index < -0.39 is 5.25 Å². The van der Waals surface area contributed by atoms with Crippen LogP contribution >= 0.6 is 11.8 Å². The Hall–Kier alpha value is -2.07. The Morgan fingerprint density at radius 2 is 2.27 bits per heavy atom. The summed E-state index contributed by atoms with van der Waals surface area (Å²) in [7, 11) is 1.84. The summed E-state index contributed by atoms with van der Waals surface area (Å²) < 4.78 is 8.88. The topological polar surface area (TPSA) is 107 Å². The number of carbonyl (C=O) groups is 1. The first kappa shape index (κ1) is 18.7. The van der Waals surface area contributed by atoms with Crippen LogP contribution in [0.15, 0.2) is 9.95 Å². The van der Waals surface area contributed by atoms with Gasteiger partial charge in [0.2, 0.25) is 5.91 Å². The summed E-state index contributed by atoms with van der Waals surface area (Å²) >= 11 is 1.25. The van der Waals surface area contributed by atoms with Crippen molar-refractivity contribution in [1.82, 2.24) is 24.5 Å². The summed E-state index contributed by atoms with van der Waals surface area (Å²) in [4.78, 5) is 24.6. The predicted molar refractivity (Wildman–Crippen MR) is 98.5 cm³/mol. The molecule has 0 aliphatic carbocycles. The number of ether oxygens (including phenoxy) is 1. The van der Waals surface area contributed by atoms with Crippen LogP contribution in [0.25, 0.3) is 0 Å². The quantitative estimate of drug-likeness (QED) is 0.730. The van der Waals surface area contributed by atoms with Gasteiger partial charge in [-0.3, -0.25) is 14.0 Å². The summed E-state index contributed by atoms with van der Waals surface area (Å²) in [6.07, 6.45) is 1.95.